The van der Waals surface area contributed by atoms with Crippen molar-refractivity contribution in [1.82, 2.24) is 0 Å². The lowest BCUT2D eigenvalue weighted by Crippen LogP contribution is -1.87. The van der Waals surface area contributed by atoms with E-state index < -0.39 is 0 Å². The molecule has 0 aliphatic carbocycles. The van der Waals surface area contributed by atoms with E-state index in [-0.39, 0.29) is 0 Å². The Morgan fingerprint density at radius 1 is 0.455 bits per heavy atom. The van der Waals surface area contributed by atoms with Crippen LogP contribution in [0.15, 0.2) is 72.8 Å². The second-order valence-electron chi connectivity index (χ2n) is 8.87. The molecule has 0 saturated heterocycles. The van der Waals surface area contributed by atoms with Crippen LogP contribution in [-0.2, 0) is 6.42 Å². The lowest BCUT2D eigenvalue weighted by molar-refractivity contribution is 0.575. The summed E-state index contributed by atoms with van der Waals surface area (Å²) < 4.78 is 0. The summed E-state index contributed by atoms with van der Waals surface area (Å²) in [5, 5.41) is 0. The molecule has 0 saturated carbocycles. The van der Waals surface area contributed by atoms with E-state index in [0.29, 0.717) is 0 Å². The van der Waals surface area contributed by atoms with Gasteiger partial charge in [0.1, 0.15) is 0 Å². The summed E-state index contributed by atoms with van der Waals surface area (Å²) in [6, 6.07) is 25.2. The predicted molar refractivity (Wildman–Crippen MR) is 142 cm³/mol. The molecular formula is C33H36. The molecule has 0 aromatic heterocycles. The van der Waals surface area contributed by atoms with Crippen molar-refractivity contribution in [3.05, 3.63) is 106 Å². The number of hydrogen-bond acceptors (Lipinski definition) is 0. The lowest BCUT2D eigenvalue weighted by Gasteiger charge is -2.03. The van der Waals surface area contributed by atoms with Gasteiger partial charge in [0.15, 0.2) is 0 Å². The van der Waals surface area contributed by atoms with E-state index in [9.17, 15) is 0 Å². The second-order valence-corrected chi connectivity index (χ2v) is 8.87. The maximum atomic E-state index is 3.29. The molecule has 3 aromatic carbocycles. The molecule has 0 aliphatic rings. The molecule has 3 rings (SSSR count). The maximum Gasteiger partial charge on any atom is 0.0249 e. The van der Waals surface area contributed by atoms with E-state index in [1.54, 1.807) is 0 Å². The molecule has 0 unspecified atom stereocenters. The zero-order valence-corrected chi connectivity index (χ0v) is 20.3. The molecule has 0 fully saturated rings. The summed E-state index contributed by atoms with van der Waals surface area (Å²) in [5.41, 5.74) is 6.79. The van der Waals surface area contributed by atoms with E-state index in [1.165, 1.54) is 68.9 Å². The van der Waals surface area contributed by atoms with Gasteiger partial charge in [-0.2, -0.15) is 0 Å². The third kappa shape index (κ3) is 9.43. The summed E-state index contributed by atoms with van der Waals surface area (Å²) in [4.78, 5) is 0. The number of aryl methyl sites for hydroxylation is 2. The summed E-state index contributed by atoms with van der Waals surface area (Å²) in [6.45, 7) is 4.36. The molecule has 0 N–H and O–H groups in total. The monoisotopic (exact) mass is 432 g/mol. The Kier molecular flexibility index (Phi) is 10.4. The van der Waals surface area contributed by atoms with Gasteiger partial charge < -0.3 is 0 Å². The lowest BCUT2D eigenvalue weighted by atomic mass is 10.0. The van der Waals surface area contributed by atoms with Crippen LogP contribution in [0.25, 0.3) is 0 Å². The summed E-state index contributed by atoms with van der Waals surface area (Å²) >= 11 is 0. The third-order valence-electron chi connectivity index (χ3n) is 5.91. The molecule has 0 heteroatoms. The molecule has 0 radical (unpaired) electrons. The van der Waals surface area contributed by atoms with Crippen LogP contribution in [0, 0.1) is 30.6 Å². The fourth-order valence-corrected chi connectivity index (χ4v) is 3.78. The van der Waals surface area contributed by atoms with Crippen LogP contribution < -0.4 is 0 Å². The first-order chi connectivity index (χ1) is 16.2. The summed E-state index contributed by atoms with van der Waals surface area (Å²) in [6.07, 6.45) is 12.1. The van der Waals surface area contributed by atoms with Crippen molar-refractivity contribution in [3.63, 3.8) is 0 Å². The molecule has 0 aliphatic heterocycles. The Morgan fingerprint density at radius 3 is 1.27 bits per heavy atom. The Labute approximate surface area is 201 Å². The number of unbranched alkanes of at least 4 members (excludes halogenated alkanes) is 7. The minimum Gasteiger partial charge on any atom is -0.0654 e. The fourth-order valence-electron chi connectivity index (χ4n) is 3.78. The van der Waals surface area contributed by atoms with Gasteiger partial charge in [0.05, 0.1) is 0 Å². The molecule has 0 bridgehead atoms. The normalized spacial score (nSPS) is 10.1. The third-order valence-corrected chi connectivity index (χ3v) is 5.91. The van der Waals surface area contributed by atoms with Gasteiger partial charge in [-0.05, 0) is 73.9 Å². The van der Waals surface area contributed by atoms with Crippen molar-refractivity contribution >= 4 is 0 Å². The average molecular weight is 433 g/mol. The largest absolute Gasteiger partial charge is 0.0654 e. The highest BCUT2D eigenvalue weighted by Gasteiger charge is 1.96. The number of rotatable bonds is 9. The molecule has 168 valence electrons. The molecule has 3 aromatic rings. The van der Waals surface area contributed by atoms with Crippen molar-refractivity contribution < 1.29 is 0 Å². The quantitative estimate of drug-likeness (QED) is 0.235. The molecule has 0 heterocycles. The molecule has 0 atom stereocenters. The smallest absolute Gasteiger partial charge is 0.0249 e. The SMILES string of the molecule is CCCCCCCCCCc1ccc(C#Cc2ccc(C#Cc3ccc(C)cc3)cc2)cc1. The fraction of sp³-hybridized carbons (Fsp3) is 0.333. The minimum atomic E-state index is 1.01. The molecule has 0 nitrogen and oxygen atoms in total. The van der Waals surface area contributed by atoms with E-state index in [1.807, 2.05) is 24.3 Å². The van der Waals surface area contributed by atoms with E-state index in [2.05, 4.69) is 86.1 Å². The number of hydrogen-bond donors (Lipinski definition) is 0. The highest BCUT2D eigenvalue weighted by Crippen LogP contribution is 2.12. The Bertz CT molecular complexity index is 1080. The first kappa shape index (κ1) is 24.4. The Hall–Kier alpha value is -3.22. The summed E-state index contributed by atoms with van der Waals surface area (Å²) in [7, 11) is 0. The van der Waals surface area contributed by atoms with Crippen molar-refractivity contribution in [3.8, 4) is 23.7 Å². The highest BCUT2D eigenvalue weighted by molar-refractivity contribution is 5.48. The van der Waals surface area contributed by atoms with Crippen LogP contribution in [0.3, 0.4) is 0 Å². The van der Waals surface area contributed by atoms with E-state index in [0.717, 1.165) is 22.3 Å². The maximum absolute atomic E-state index is 3.29. The highest BCUT2D eigenvalue weighted by atomic mass is 14.0. The van der Waals surface area contributed by atoms with Crippen LogP contribution in [0.4, 0.5) is 0 Å². The van der Waals surface area contributed by atoms with Crippen molar-refractivity contribution in [2.75, 3.05) is 0 Å². The minimum absolute atomic E-state index is 1.01. The Morgan fingerprint density at radius 2 is 0.818 bits per heavy atom. The van der Waals surface area contributed by atoms with Gasteiger partial charge in [-0.1, -0.05) is 105 Å². The van der Waals surface area contributed by atoms with Gasteiger partial charge in [-0.25, -0.2) is 0 Å². The zero-order valence-electron chi connectivity index (χ0n) is 20.3. The van der Waals surface area contributed by atoms with Crippen LogP contribution in [0.2, 0.25) is 0 Å². The van der Waals surface area contributed by atoms with Gasteiger partial charge in [-0.3, -0.25) is 0 Å². The van der Waals surface area contributed by atoms with Crippen LogP contribution in [-0.4, -0.2) is 0 Å². The average Bonchev–Trinajstić information content (AvgIpc) is 2.85. The first-order valence-electron chi connectivity index (χ1n) is 12.5. The van der Waals surface area contributed by atoms with Gasteiger partial charge in [-0.15, -0.1) is 0 Å². The Balaban J connectivity index is 1.44. The van der Waals surface area contributed by atoms with Crippen molar-refractivity contribution in [1.29, 1.82) is 0 Å². The zero-order chi connectivity index (χ0) is 23.1. The van der Waals surface area contributed by atoms with Crippen LogP contribution >= 0.6 is 0 Å². The van der Waals surface area contributed by atoms with Gasteiger partial charge in [0, 0.05) is 22.3 Å². The van der Waals surface area contributed by atoms with Gasteiger partial charge in [0.25, 0.3) is 0 Å². The van der Waals surface area contributed by atoms with Crippen LogP contribution in [0.1, 0.15) is 91.7 Å². The molecule has 33 heavy (non-hydrogen) atoms. The van der Waals surface area contributed by atoms with E-state index >= 15 is 0 Å². The molecule has 0 amide bonds. The number of benzene rings is 3. The molecule has 0 spiro atoms. The second kappa shape index (κ2) is 14.0. The van der Waals surface area contributed by atoms with Gasteiger partial charge in [0.2, 0.25) is 0 Å². The predicted octanol–water partition coefficient (Wildman–Crippen LogP) is 8.48. The van der Waals surface area contributed by atoms with Crippen LogP contribution in [0.5, 0.6) is 0 Å². The van der Waals surface area contributed by atoms with Crippen molar-refractivity contribution in [2.45, 2.75) is 71.6 Å². The van der Waals surface area contributed by atoms with Crippen molar-refractivity contribution in [2.24, 2.45) is 0 Å². The van der Waals surface area contributed by atoms with Gasteiger partial charge >= 0.3 is 0 Å². The summed E-state index contributed by atoms with van der Waals surface area (Å²) in [5.74, 6) is 13.0. The van der Waals surface area contributed by atoms with E-state index in [4.69, 9.17) is 0 Å². The standard InChI is InChI=1S/C33H36/c1-3-4-5-6-7-8-9-10-11-29-16-18-31(19-17-29)22-23-33-26-24-32(25-27-33)21-20-30-14-12-28(2)13-15-30/h12-19,24-27H,3-11H2,1-2H3. The topological polar surface area (TPSA) is 0 Å². The first-order valence-corrected chi connectivity index (χ1v) is 12.5. The molecular weight excluding hydrogens is 396 g/mol.